The van der Waals surface area contributed by atoms with Crippen LogP contribution >= 0.6 is 11.6 Å². The lowest BCUT2D eigenvalue weighted by molar-refractivity contribution is -0.119. The number of halogens is 1. The third-order valence-corrected chi connectivity index (χ3v) is 3.88. The molecule has 4 nitrogen and oxygen atoms in total. The van der Waals surface area contributed by atoms with E-state index in [0.29, 0.717) is 5.82 Å². The van der Waals surface area contributed by atoms with Crippen LogP contribution in [0.15, 0.2) is 6.20 Å². The molecule has 0 aromatic carbocycles. The monoisotopic (exact) mass is 263 g/mol. The van der Waals surface area contributed by atoms with Crippen molar-refractivity contribution in [2.45, 2.75) is 37.9 Å². The summed E-state index contributed by atoms with van der Waals surface area (Å²) < 4.78 is 0. The van der Waals surface area contributed by atoms with E-state index in [0.717, 1.165) is 18.4 Å². The van der Waals surface area contributed by atoms with Crippen LogP contribution in [0.1, 0.15) is 32.3 Å². The van der Waals surface area contributed by atoms with Gasteiger partial charge in [-0.3, -0.25) is 9.69 Å². The van der Waals surface area contributed by atoms with Crippen LogP contribution in [0, 0.1) is 0 Å². The highest BCUT2D eigenvalue weighted by Gasteiger charge is 2.46. The van der Waals surface area contributed by atoms with Gasteiger partial charge in [0, 0.05) is 23.0 Å². The quantitative estimate of drug-likeness (QED) is 0.573. The fourth-order valence-electron chi connectivity index (χ4n) is 2.48. The van der Waals surface area contributed by atoms with Crippen LogP contribution in [0.5, 0.6) is 0 Å². The summed E-state index contributed by atoms with van der Waals surface area (Å²) in [6, 6.07) is 0.170. The Morgan fingerprint density at radius 1 is 1.44 bits per heavy atom. The first-order valence-corrected chi connectivity index (χ1v) is 6.67. The number of amides is 1. The molecule has 0 unspecified atom stereocenters. The standard InChI is InChI=1S/C11H16B2ClN3O/c1-3-6(4-2)17-8-7(5-15-10(14)16-8)11(12,13)9(17)18/h5-6H,3-4,12-13H2,1-2H3. The lowest BCUT2D eigenvalue weighted by Gasteiger charge is -2.27. The van der Waals surface area contributed by atoms with E-state index in [1.54, 1.807) is 11.1 Å². The molecule has 0 saturated carbocycles. The van der Waals surface area contributed by atoms with Crippen molar-refractivity contribution in [1.29, 1.82) is 0 Å². The molecule has 1 aliphatic heterocycles. The van der Waals surface area contributed by atoms with Gasteiger partial charge in [0.2, 0.25) is 11.2 Å². The molecule has 0 N–H and O–H groups in total. The SMILES string of the molecule is BC1(B)C(=O)N(C(CC)CC)c2nc(Cl)ncc21. The van der Waals surface area contributed by atoms with Crippen molar-refractivity contribution in [3.63, 3.8) is 0 Å². The molecule has 7 heteroatoms. The smallest absolute Gasteiger partial charge is 0.224 e. The Kier molecular flexibility index (Phi) is 3.41. The maximum atomic E-state index is 12.6. The Morgan fingerprint density at radius 3 is 2.61 bits per heavy atom. The van der Waals surface area contributed by atoms with Crippen LogP contribution in [-0.4, -0.2) is 37.6 Å². The largest absolute Gasteiger partial charge is 0.294 e. The summed E-state index contributed by atoms with van der Waals surface area (Å²) in [6.45, 7) is 4.16. The number of rotatable bonds is 3. The minimum atomic E-state index is -0.567. The number of carbonyl (C=O) groups excluding carboxylic acids is 1. The van der Waals surface area contributed by atoms with Crippen molar-refractivity contribution in [1.82, 2.24) is 9.97 Å². The maximum absolute atomic E-state index is 12.6. The molecule has 0 bridgehead atoms. The van der Waals surface area contributed by atoms with E-state index in [1.165, 1.54) is 0 Å². The summed E-state index contributed by atoms with van der Waals surface area (Å²) in [5, 5.41) is -0.377. The summed E-state index contributed by atoms with van der Waals surface area (Å²) >= 11 is 5.86. The fraction of sp³-hybridized carbons (Fsp3) is 0.545. The molecule has 94 valence electrons. The summed E-state index contributed by atoms with van der Waals surface area (Å²) in [6.07, 6.45) is 3.48. The van der Waals surface area contributed by atoms with Gasteiger partial charge in [-0.15, -0.1) is 0 Å². The molecule has 0 fully saturated rings. The first-order valence-electron chi connectivity index (χ1n) is 6.30. The van der Waals surface area contributed by atoms with Crippen LogP contribution in [-0.2, 0) is 10.0 Å². The molecule has 0 aliphatic carbocycles. The number of hydrogen-bond donors (Lipinski definition) is 0. The van der Waals surface area contributed by atoms with Gasteiger partial charge in [0.25, 0.3) is 0 Å². The van der Waals surface area contributed by atoms with Crippen LogP contribution in [0.3, 0.4) is 0 Å². The normalized spacial score (nSPS) is 17.3. The summed E-state index contributed by atoms with van der Waals surface area (Å²) in [7, 11) is 3.82. The Morgan fingerprint density at radius 2 is 2.06 bits per heavy atom. The molecular formula is C11H16B2ClN3O. The minimum absolute atomic E-state index is 0.0859. The van der Waals surface area contributed by atoms with Gasteiger partial charge in [0.05, 0.1) is 0 Å². The number of fused-ring (bicyclic) bond motifs is 1. The minimum Gasteiger partial charge on any atom is -0.294 e. The second-order valence-electron chi connectivity index (χ2n) is 5.15. The van der Waals surface area contributed by atoms with Gasteiger partial charge in [-0.05, 0) is 24.4 Å². The van der Waals surface area contributed by atoms with Crippen molar-refractivity contribution >= 4 is 39.0 Å². The van der Waals surface area contributed by atoms with Gasteiger partial charge in [0.1, 0.15) is 21.5 Å². The molecule has 1 aromatic heterocycles. The van der Waals surface area contributed by atoms with E-state index < -0.39 is 5.21 Å². The Hall–Kier alpha value is -1.03. The zero-order valence-corrected chi connectivity index (χ0v) is 12.0. The lowest BCUT2D eigenvalue weighted by atomic mass is 9.52. The lowest BCUT2D eigenvalue weighted by Crippen LogP contribution is -2.45. The predicted octanol–water partition coefficient (Wildman–Crippen LogP) is 0.0842. The summed E-state index contributed by atoms with van der Waals surface area (Å²) in [4.78, 5) is 22.6. The average Bonchev–Trinajstić information content (AvgIpc) is 2.51. The van der Waals surface area contributed by atoms with E-state index in [2.05, 4.69) is 23.8 Å². The third kappa shape index (κ3) is 1.83. The van der Waals surface area contributed by atoms with Crippen molar-refractivity contribution < 1.29 is 4.79 Å². The van der Waals surface area contributed by atoms with E-state index in [1.807, 2.05) is 15.7 Å². The van der Waals surface area contributed by atoms with Crippen LogP contribution < -0.4 is 4.90 Å². The fourth-order valence-corrected chi connectivity index (χ4v) is 2.61. The highest BCUT2D eigenvalue weighted by Crippen LogP contribution is 2.38. The van der Waals surface area contributed by atoms with Gasteiger partial charge in [-0.2, -0.15) is 4.98 Å². The molecular weight excluding hydrogens is 247 g/mol. The third-order valence-electron chi connectivity index (χ3n) is 3.70. The number of anilines is 1. The second-order valence-corrected chi connectivity index (χ2v) is 5.48. The molecule has 1 amide bonds. The van der Waals surface area contributed by atoms with Crippen LogP contribution in [0.4, 0.5) is 5.82 Å². The first kappa shape index (κ1) is 13.4. The predicted molar refractivity (Wildman–Crippen MR) is 77.7 cm³/mol. The van der Waals surface area contributed by atoms with Gasteiger partial charge in [0.15, 0.2) is 0 Å². The van der Waals surface area contributed by atoms with Gasteiger partial charge < -0.3 is 0 Å². The van der Waals surface area contributed by atoms with Crippen molar-refractivity contribution in [2.24, 2.45) is 0 Å². The van der Waals surface area contributed by atoms with E-state index in [4.69, 9.17) is 11.6 Å². The van der Waals surface area contributed by atoms with Crippen molar-refractivity contribution in [3.8, 4) is 0 Å². The van der Waals surface area contributed by atoms with Gasteiger partial charge in [-0.1, -0.05) is 13.8 Å². The van der Waals surface area contributed by atoms with E-state index in [9.17, 15) is 4.79 Å². The molecule has 18 heavy (non-hydrogen) atoms. The summed E-state index contributed by atoms with van der Waals surface area (Å²) in [5.74, 6) is 0.765. The van der Waals surface area contributed by atoms with E-state index in [-0.39, 0.29) is 17.2 Å². The van der Waals surface area contributed by atoms with Crippen LogP contribution in [0.25, 0.3) is 0 Å². The van der Waals surface area contributed by atoms with Crippen LogP contribution in [0.2, 0.25) is 5.28 Å². The molecule has 0 saturated heterocycles. The Balaban J connectivity index is 2.58. The highest BCUT2D eigenvalue weighted by molar-refractivity contribution is 6.54. The van der Waals surface area contributed by atoms with Crippen molar-refractivity contribution in [3.05, 3.63) is 17.0 Å². The first-order chi connectivity index (χ1) is 8.43. The zero-order valence-electron chi connectivity index (χ0n) is 11.2. The molecule has 1 aliphatic rings. The maximum Gasteiger partial charge on any atom is 0.224 e. The van der Waals surface area contributed by atoms with Gasteiger partial charge >= 0.3 is 0 Å². The topological polar surface area (TPSA) is 46.1 Å². The Labute approximate surface area is 114 Å². The van der Waals surface area contributed by atoms with Crippen molar-refractivity contribution in [2.75, 3.05) is 4.90 Å². The molecule has 1 aromatic rings. The molecule has 0 spiro atoms. The van der Waals surface area contributed by atoms with E-state index >= 15 is 0 Å². The highest BCUT2D eigenvalue weighted by atomic mass is 35.5. The molecule has 2 heterocycles. The number of nitrogens with zero attached hydrogens (tertiary/aromatic N) is 3. The Bertz CT molecular complexity index is 491. The average molecular weight is 263 g/mol. The second kappa shape index (κ2) is 4.57. The molecule has 2 rings (SSSR count). The molecule has 0 atom stereocenters. The summed E-state index contributed by atoms with van der Waals surface area (Å²) in [5.41, 5.74) is 0.865. The van der Waals surface area contributed by atoms with Gasteiger partial charge in [-0.25, -0.2) is 4.98 Å². The number of carbonyl (C=O) groups is 1. The number of aromatic nitrogens is 2. The zero-order chi connectivity index (χ0) is 13.5. The molecule has 0 radical (unpaired) electrons. The number of hydrogen-bond acceptors (Lipinski definition) is 3.